The molecule has 0 saturated carbocycles. The maximum Gasteiger partial charge on any atom is 0.191 e. The fourth-order valence-electron chi connectivity index (χ4n) is 1.90. The lowest BCUT2D eigenvalue weighted by atomic mass is 10.2. The summed E-state index contributed by atoms with van der Waals surface area (Å²) in [4.78, 5) is 0. The van der Waals surface area contributed by atoms with Crippen LogP contribution in [0.2, 0.25) is 0 Å². The second kappa shape index (κ2) is 6.79. The number of nitrogens with zero attached hydrogens (tertiary/aromatic N) is 3. The van der Waals surface area contributed by atoms with Crippen molar-refractivity contribution in [2.45, 2.75) is 51.3 Å². The molecule has 108 valence electrons. The Bertz CT molecular complexity index is 566. The van der Waals surface area contributed by atoms with Crippen LogP contribution >= 0.6 is 11.8 Å². The van der Waals surface area contributed by atoms with Crippen LogP contribution in [0.5, 0.6) is 5.75 Å². The summed E-state index contributed by atoms with van der Waals surface area (Å²) < 4.78 is 7.97. The minimum absolute atomic E-state index is 0.449. The number of aryl methyl sites for hydroxylation is 1. The van der Waals surface area contributed by atoms with Crippen LogP contribution in [0, 0.1) is 6.92 Å². The van der Waals surface area contributed by atoms with Crippen LogP contribution in [0.4, 0.5) is 0 Å². The summed E-state index contributed by atoms with van der Waals surface area (Å²) in [5.41, 5.74) is 1.13. The van der Waals surface area contributed by atoms with Crippen LogP contribution in [0.25, 0.3) is 0 Å². The Morgan fingerprint density at radius 1 is 1.25 bits per heavy atom. The monoisotopic (exact) mass is 291 g/mol. The van der Waals surface area contributed by atoms with E-state index in [1.54, 1.807) is 11.8 Å². The molecule has 0 spiro atoms. The summed E-state index contributed by atoms with van der Waals surface area (Å²) in [5.74, 6) is 1.77. The standard InChI is InChI=1S/C15H21N3OS/c1-5-18-14(16-17-15(18)20-11(2)3)10-19-13-9-7-6-8-12(13)4/h6-9,11H,5,10H2,1-4H3. The van der Waals surface area contributed by atoms with Gasteiger partial charge in [0.15, 0.2) is 11.0 Å². The van der Waals surface area contributed by atoms with Gasteiger partial charge in [0.2, 0.25) is 0 Å². The van der Waals surface area contributed by atoms with E-state index >= 15 is 0 Å². The third kappa shape index (κ3) is 3.54. The molecule has 1 aromatic carbocycles. The van der Waals surface area contributed by atoms with Crippen LogP contribution in [0.15, 0.2) is 29.4 Å². The molecule has 0 amide bonds. The van der Waals surface area contributed by atoms with Gasteiger partial charge in [0.05, 0.1) is 0 Å². The maximum atomic E-state index is 5.85. The number of hydrogen-bond acceptors (Lipinski definition) is 4. The van der Waals surface area contributed by atoms with Crippen LogP contribution in [0.1, 0.15) is 32.2 Å². The first-order chi connectivity index (χ1) is 9.61. The summed E-state index contributed by atoms with van der Waals surface area (Å²) in [7, 11) is 0. The van der Waals surface area contributed by atoms with Crippen molar-refractivity contribution in [3.8, 4) is 5.75 Å². The third-order valence-electron chi connectivity index (χ3n) is 2.90. The van der Waals surface area contributed by atoms with E-state index in [0.29, 0.717) is 11.9 Å². The molecular weight excluding hydrogens is 270 g/mol. The van der Waals surface area contributed by atoms with Gasteiger partial charge in [-0.3, -0.25) is 0 Å². The summed E-state index contributed by atoms with van der Waals surface area (Å²) >= 11 is 1.73. The summed E-state index contributed by atoms with van der Waals surface area (Å²) in [6.07, 6.45) is 0. The summed E-state index contributed by atoms with van der Waals surface area (Å²) in [6.45, 7) is 9.76. The number of thioether (sulfide) groups is 1. The number of rotatable bonds is 6. The van der Waals surface area contributed by atoms with Gasteiger partial charge in [0.25, 0.3) is 0 Å². The van der Waals surface area contributed by atoms with E-state index in [1.165, 1.54) is 0 Å². The molecule has 0 aliphatic carbocycles. The summed E-state index contributed by atoms with van der Waals surface area (Å²) in [5, 5.41) is 9.97. The van der Waals surface area contributed by atoms with Crippen LogP contribution in [-0.4, -0.2) is 20.0 Å². The zero-order valence-electron chi connectivity index (χ0n) is 12.5. The molecule has 1 heterocycles. The van der Waals surface area contributed by atoms with Crippen molar-refractivity contribution in [3.63, 3.8) is 0 Å². The van der Waals surface area contributed by atoms with Gasteiger partial charge in [-0.25, -0.2) is 0 Å². The average molecular weight is 291 g/mol. The SMILES string of the molecule is CCn1c(COc2ccccc2C)nnc1SC(C)C. The number of benzene rings is 1. The minimum atomic E-state index is 0.449. The van der Waals surface area contributed by atoms with Crippen molar-refractivity contribution in [1.29, 1.82) is 0 Å². The van der Waals surface area contributed by atoms with Gasteiger partial charge >= 0.3 is 0 Å². The van der Waals surface area contributed by atoms with E-state index < -0.39 is 0 Å². The highest BCUT2D eigenvalue weighted by Gasteiger charge is 2.13. The lowest BCUT2D eigenvalue weighted by Crippen LogP contribution is -2.08. The van der Waals surface area contributed by atoms with Gasteiger partial charge < -0.3 is 9.30 Å². The molecule has 0 atom stereocenters. The fraction of sp³-hybridized carbons (Fsp3) is 0.467. The van der Waals surface area contributed by atoms with Crippen LogP contribution < -0.4 is 4.74 Å². The van der Waals surface area contributed by atoms with Gasteiger partial charge in [-0.2, -0.15) is 0 Å². The van der Waals surface area contributed by atoms with Gasteiger partial charge in [0, 0.05) is 11.8 Å². The normalized spacial score (nSPS) is 11.1. The highest BCUT2D eigenvalue weighted by Crippen LogP contribution is 2.23. The second-order valence-electron chi connectivity index (χ2n) is 4.86. The first-order valence-corrected chi connectivity index (χ1v) is 7.77. The number of hydrogen-bond donors (Lipinski definition) is 0. The molecule has 20 heavy (non-hydrogen) atoms. The first-order valence-electron chi connectivity index (χ1n) is 6.89. The fourth-order valence-corrected chi connectivity index (χ4v) is 2.77. The molecule has 5 heteroatoms. The summed E-state index contributed by atoms with van der Waals surface area (Å²) in [6, 6.07) is 8.01. The number of ether oxygens (including phenoxy) is 1. The first kappa shape index (κ1) is 14.9. The lowest BCUT2D eigenvalue weighted by molar-refractivity contribution is 0.286. The van der Waals surface area contributed by atoms with Crippen molar-refractivity contribution < 1.29 is 4.74 Å². The Labute approximate surface area is 124 Å². The quantitative estimate of drug-likeness (QED) is 0.761. The predicted molar refractivity (Wildman–Crippen MR) is 82.2 cm³/mol. The Morgan fingerprint density at radius 3 is 2.65 bits per heavy atom. The highest BCUT2D eigenvalue weighted by molar-refractivity contribution is 7.99. The van der Waals surface area contributed by atoms with E-state index in [2.05, 4.69) is 35.5 Å². The molecule has 0 bridgehead atoms. The van der Waals surface area contributed by atoms with Crippen LogP contribution in [0.3, 0.4) is 0 Å². The molecule has 0 unspecified atom stereocenters. The number of para-hydroxylation sites is 1. The topological polar surface area (TPSA) is 39.9 Å². The van der Waals surface area contributed by atoms with Gasteiger partial charge in [-0.1, -0.05) is 43.8 Å². The smallest absolute Gasteiger partial charge is 0.191 e. The minimum Gasteiger partial charge on any atom is -0.485 e. The predicted octanol–water partition coefficient (Wildman–Crippen LogP) is 3.69. The van der Waals surface area contributed by atoms with E-state index in [9.17, 15) is 0 Å². The maximum absolute atomic E-state index is 5.85. The van der Waals surface area contributed by atoms with Crippen molar-refractivity contribution in [1.82, 2.24) is 14.8 Å². The molecular formula is C15H21N3OS. The molecule has 0 N–H and O–H groups in total. The van der Waals surface area contributed by atoms with Crippen molar-refractivity contribution >= 4 is 11.8 Å². The Balaban J connectivity index is 2.10. The van der Waals surface area contributed by atoms with E-state index in [0.717, 1.165) is 28.8 Å². The lowest BCUT2D eigenvalue weighted by Gasteiger charge is -2.11. The van der Waals surface area contributed by atoms with Crippen molar-refractivity contribution in [2.24, 2.45) is 0 Å². The van der Waals surface area contributed by atoms with Gasteiger partial charge in [-0.15, -0.1) is 10.2 Å². The Morgan fingerprint density at radius 2 is 2.00 bits per heavy atom. The van der Waals surface area contributed by atoms with Crippen LogP contribution in [-0.2, 0) is 13.2 Å². The Hall–Kier alpha value is -1.49. The van der Waals surface area contributed by atoms with Gasteiger partial charge in [-0.05, 0) is 25.5 Å². The molecule has 0 saturated heterocycles. The average Bonchev–Trinajstić information content (AvgIpc) is 2.79. The molecule has 2 rings (SSSR count). The molecule has 0 fully saturated rings. The Kier molecular flexibility index (Phi) is 5.06. The highest BCUT2D eigenvalue weighted by atomic mass is 32.2. The van der Waals surface area contributed by atoms with Crippen molar-refractivity contribution in [2.75, 3.05) is 0 Å². The number of aromatic nitrogens is 3. The van der Waals surface area contributed by atoms with E-state index in [1.807, 2.05) is 31.2 Å². The molecule has 4 nitrogen and oxygen atoms in total. The second-order valence-corrected chi connectivity index (χ2v) is 6.41. The van der Waals surface area contributed by atoms with Gasteiger partial charge in [0.1, 0.15) is 12.4 Å². The third-order valence-corrected chi connectivity index (χ3v) is 3.89. The molecule has 0 aliphatic heterocycles. The van der Waals surface area contributed by atoms with E-state index in [-0.39, 0.29) is 0 Å². The largest absolute Gasteiger partial charge is 0.485 e. The molecule has 2 aromatic rings. The van der Waals surface area contributed by atoms with E-state index in [4.69, 9.17) is 4.74 Å². The molecule has 0 aliphatic rings. The molecule has 1 aromatic heterocycles. The molecule has 0 radical (unpaired) electrons. The zero-order chi connectivity index (χ0) is 14.5. The van der Waals surface area contributed by atoms with Crippen molar-refractivity contribution in [3.05, 3.63) is 35.7 Å². The zero-order valence-corrected chi connectivity index (χ0v) is 13.3.